The molecule has 5 heavy (non-hydrogen) atoms. The summed E-state index contributed by atoms with van der Waals surface area (Å²) in [6.45, 7) is 3.17. The first-order chi connectivity index (χ1) is 2.27. The van der Waals surface area contributed by atoms with Crippen LogP contribution in [-0.2, 0) is 4.79 Å². The average molecular weight is 88.1 g/mol. The summed E-state index contributed by atoms with van der Waals surface area (Å²) in [6, 6.07) is 0. The molecule has 0 aliphatic rings. The molecular weight excluding hydrogens is 84.1 g/mol. The van der Waals surface area contributed by atoms with Crippen LogP contribution in [0.15, 0.2) is 11.5 Å². The van der Waals surface area contributed by atoms with Crippen molar-refractivity contribution in [2.24, 2.45) is 0 Å². The normalized spacial score (nSPS) is 6.60. The summed E-state index contributed by atoms with van der Waals surface area (Å²) >= 11 is 3.54. The average Bonchev–Trinajstić information content (AvgIpc) is 1.38. The Morgan fingerprint density at radius 2 is 2.20 bits per heavy atom. The van der Waals surface area contributed by atoms with Crippen molar-refractivity contribution in [1.29, 1.82) is 0 Å². The first-order valence-electron chi connectivity index (χ1n) is 1.10. The van der Waals surface area contributed by atoms with E-state index in [9.17, 15) is 4.79 Å². The monoisotopic (exact) mass is 88.0 g/mol. The number of aldehydes is 1. The quantitative estimate of drug-likeness (QED) is 0.282. The zero-order valence-electron chi connectivity index (χ0n) is 2.64. The van der Waals surface area contributed by atoms with Crippen molar-refractivity contribution in [1.82, 2.24) is 0 Å². The summed E-state index contributed by atoms with van der Waals surface area (Å²) in [4.78, 5) is 9.60. The standard InChI is InChI=1S/C3H4OS/c1-3(5)2-4/h2,5H,1H2. The van der Waals surface area contributed by atoms with E-state index < -0.39 is 0 Å². The summed E-state index contributed by atoms with van der Waals surface area (Å²) in [6.07, 6.45) is 0.586. The smallest absolute Gasteiger partial charge is 0.155 e. The van der Waals surface area contributed by atoms with Crippen LogP contribution in [0.1, 0.15) is 0 Å². The van der Waals surface area contributed by atoms with Gasteiger partial charge in [-0.3, -0.25) is 4.79 Å². The minimum atomic E-state index is 0.269. The van der Waals surface area contributed by atoms with E-state index >= 15 is 0 Å². The number of hydrogen-bond acceptors (Lipinski definition) is 2. The molecule has 0 N–H and O–H groups in total. The van der Waals surface area contributed by atoms with E-state index in [1.807, 2.05) is 0 Å². The number of carbonyl (C=O) groups excluding carboxylic acids is 1. The van der Waals surface area contributed by atoms with Gasteiger partial charge in [0.15, 0.2) is 6.29 Å². The van der Waals surface area contributed by atoms with Gasteiger partial charge in [0.25, 0.3) is 0 Å². The molecule has 0 saturated carbocycles. The molecule has 0 saturated heterocycles. The Morgan fingerprint density at radius 3 is 2.20 bits per heavy atom. The highest BCUT2D eigenvalue weighted by atomic mass is 32.1. The minimum Gasteiger partial charge on any atom is -0.297 e. The van der Waals surface area contributed by atoms with Crippen LogP contribution in [-0.4, -0.2) is 6.29 Å². The second kappa shape index (κ2) is 2.03. The lowest BCUT2D eigenvalue weighted by Gasteiger charge is -1.65. The zero-order valence-corrected chi connectivity index (χ0v) is 3.53. The van der Waals surface area contributed by atoms with E-state index in [0.717, 1.165) is 0 Å². The van der Waals surface area contributed by atoms with Crippen molar-refractivity contribution in [2.75, 3.05) is 0 Å². The molecule has 0 aromatic rings. The lowest BCUT2D eigenvalue weighted by Crippen LogP contribution is -1.60. The fraction of sp³-hybridized carbons (Fsp3) is 0. The van der Waals surface area contributed by atoms with Crippen molar-refractivity contribution < 1.29 is 4.79 Å². The number of hydrogen-bond donors (Lipinski definition) is 1. The van der Waals surface area contributed by atoms with Crippen LogP contribution >= 0.6 is 12.6 Å². The Balaban J connectivity index is 3.20. The van der Waals surface area contributed by atoms with E-state index in [2.05, 4.69) is 19.2 Å². The molecule has 0 amide bonds. The Morgan fingerprint density at radius 1 is 2.00 bits per heavy atom. The first-order valence-corrected chi connectivity index (χ1v) is 1.55. The van der Waals surface area contributed by atoms with Gasteiger partial charge in [0.2, 0.25) is 0 Å². The second-order valence-corrected chi connectivity index (χ2v) is 1.18. The van der Waals surface area contributed by atoms with Gasteiger partial charge in [0, 0.05) is 4.91 Å². The van der Waals surface area contributed by atoms with Gasteiger partial charge in [0.1, 0.15) is 0 Å². The summed E-state index contributed by atoms with van der Waals surface area (Å²) < 4.78 is 0. The van der Waals surface area contributed by atoms with Crippen LogP contribution in [0.3, 0.4) is 0 Å². The summed E-state index contributed by atoms with van der Waals surface area (Å²) in [5.41, 5.74) is 0. The molecule has 0 bridgehead atoms. The molecule has 0 rings (SSSR count). The van der Waals surface area contributed by atoms with Gasteiger partial charge in [-0.2, -0.15) is 0 Å². The molecule has 0 radical (unpaired) electrons. The van der Waals surface area contributed by atoms with Crippen molar-refractivity contribution in [3.05, 3.63) is 11.5 Å². The van der Waals surface area contributed by atoms with Crippen LogP contribution in [0, 0.1) is 0 Å². The molecule has 1 nitrogen and oxygen atoms in total. The Bertz CT molecular complexity index is 57.9. The van der Waals surface area contributed by atoms with E-state index in [1.54, 1.807) is 0 Å². The maximum absolute atomic E-state index is 9.33. The topological polar surface area (TPSA) is 17.1 Å². The number of thiol groups is 1. The van der Waals surface area contributed by atoms with Gasteiger partial charge >= 0.3 is 0 Å². The van der Waals surface area contributed by atoms with Crippen LogP contribution < -0.4 is 0 Å². The van der Waals surface area contributed by atoms with E-state index in [0.29, 0.717) is 6.29 Å². The predicted octanol–water partition coefficient (Wildman–Crippen LogP) is 0.629. The molecule has 0 aromatic carbocycles. The van der Waals surface area contributed by atoms with Crippen LogP contribution in [0.2, 0.25) is 0 Å². The fourth-order valence-corrected chi connectivity index (χ4v) is 0. The largest absolute Gasteiger partial charge is 0.297 e. The molecular formula is C3H4OS. The molecule has 0 aliphatic carbocycles. The molecule has 0 atom stereocenters. The van der Waals surface area contributed by atoms with Crippen LogP contribution in [0.4, 0.5) is 0 Å². The second-order valence-electron chi connectivity index (χ2n) is 0.609. The maximum atomic E-state index is 9.33. The Kier molecular flexibility index (Phi) is 1.93. The van der Waals surface area contributed by atoms with Gasteiger partial charge in [-0.05, 0) is 0 Å². The SMILES string of the molecule is C=C(S)C=O. The van der Waals surface area contributed by atoms with Gasteiger partial charge in [-0.1, -0.05) is 6.58 Å². The molecule has 0 fully saturated rings. The van der Waals surface area contributed by atoms with Gasteiger partial charge in [-0.15, -0.1) is 12.6 Å². The van der Waals surface area contributed by atoms with Crippen molar-refractivity contribution >= 4 is 18.9 Å². The van der Waals surface area contributed by atoms with Gasteiger partial charge in [-0.25, -0.2) is 0 Å². The highest BCUT2D eigenvalue weighted by Gasteiger charge is 1.67. The third-order valence-corrected chi connectivity index (χ3v) is 0.241. The van der Waals surface area contributed by atoms with Crippen molar-refractivity contribution in [3.8, 4) is 0 Å². The first kappa shape index (κ1) is 4.76. The molecule has 2 heteroatoms. The van der Waals surface area contributed by atoms with Crippen molar-refractivity contribution in [3.63, 3.8) is 0 Å². The zero-order chi connectivity index (χ0) is 4.28. The molecule has 0 unspecified atom stereocenters. The van der Waals surface area contributed by atoms with Crippen LogP contribution in [0.25, 0.3) is 0 Å². The lowest BCUT2D eigenvalue weighted by molar-refractivity contribution is -0.104. The molecule has 0 heterocycles. The summed E-state index contributed by atoms with van der Waals surface area (Å²) in [7, 11) is 0. The molecule has 0 spiro atoms. The van der Waals surface area contributed by atoms with Gasteiger partial charge in [0.05, 0.1) is 0 Å². The summed E-state index contributed by atoms with van der Waals surface area (Å²) in [5.74, 6) is 0. The van der Waals surface area contributed by atoms with E-state index in [4.69, 9.17) is 0 Å². The van der Waals surface area contributed by atoms with Crippen LogP contribution in [0.5, 0.6) is 0 Å². The molecule has 0 aromatic heterocycles. The molecule has 0 aliphatic heterocycles. The third-order valence-electron chi connectivity index (χ3n) is 0.136. The number of allylic oxidation sites excluding steroid dienone is 1. The lowest BCUT2D eigenvalue weighted by atomic mass is 10.7. The predicted molar refractivity (Wildman–Crippen MR) is 24.2 cm³/mol. The molecule has 28 valence electrons. The van der Waals surface area contributed by atoms with Crippen molar-refractivity contribution in [2.45, 2.75) is 0 Å². The Labute approximate surface area is 36.1 Å². The third kappa shape index (κ3) is 3.76. The van der Waals surface area contributed by atoms with E-state index in [-0.39, 0.29) is 4.91 Å². The minimum absolute atomic E-state index is 0.269. The van der Waals surface area contributed by atoms with E-state index in [1.165, 1.54) is 0 Å². The fourth-order valence-electron chi connectivity index (χ4n) is 0. The number of rotatable bonds is 1. The Hall–Kier alpha value is -0.240. The highest BCUT2D eigenvalue weighted by Crippen LogP contribution is 1.84. The van der Waals surface area contributed by atoms with Gasteiger partial charge < -0.3 is 0 Å². The summed E-state index contributed by atoms with van der Waals surface area (Å²) in [5, 5.41) is 0. The maximum Gasteiger partial charge on any atom is 0.155 e. The number of carbonyl (C=O) groups is 1. The highest BCUT2D eigenvalue weighted by molar-refractivity contribution is 7.85.